The maximum absolute atomic E-state index is 14.5. The molecule has 1 fully saturated rings. The van der Waals surface area contributed by atoms with Crippen molar-refractivity contribution in [3.63, 3.8) is 0 Å². The molecule has 1 aliphatic rings. The molecule has 0 radical (unpaired) electrons. The van der Waals surface area contributed by atoms with Crippen LogP contribution >= 0.6 is 0 Å². The topological polar surface area (TPSA) is 66.7 Å². The fraction of sp³-hybridized carbons (Fsp3) is 0.391. The third-order valence-corrected chi connectivity index (χ3v) is 5.77. The monoisotopic (exact) mass is 425 g/mol. The first-order chi connectivity index (χ1) is 15.2. The van der Waals surface area contributed by atoms with Crippen LogP contribution in [0.15, 0.2) is 55.0 Å². The highest BCUT2D eigenvalue weighted by atomic mass is 19.1. The van der Waals surface area contributed by atoms with Crippen molar-refractivity contribution in [3.05, 3.63) is 72.1 Å². The van der Waals surface area contributed by atoms with Crippen molar-refractivity contribution in [2.24, 2.45) is 0 Å². The van der Waals surface area contributed by atoms with Crippen LogP contribution in [-0.4, -0.2) is 68.8 Å². The Bertz CT molecular complexity index is 981. The Hall–Kier alpha value is -2.81. The second kappa shape index (κ2) is 10.00. The minimum atomic E-state index is -0.259. The summed E-state index contributed by atoms with van der Waals surface area (Å²) in [6.45, 7) is 3.85. The summed E-state index contributed by atoms with van der Waals surface area (Å²) in [4.78, 5) is 13.3. The molecule has 164 valence electrons. The molecule has 31 heavy (non-hydrogen) atoms. The summed E-state index contributed by atoms with van der Waals surface area (Å²) in [7, 11) is 1.53. The maximum atomic E-state index is 14.5. The molecule has 3 aromatic rings. The zero-order chi connectivity index (χ0) is 21.6. The smallest absolute Gasteiger partial charge is 0.233 e. The number of ether oxygens (including phenoxy) is 1. The molecule has 0 bridgehead atoms. The van der Waals surface area contributed by atoms with Crippen molar-refractivity contribution in [1.29, 1.82) is 0 Å². The van der Waals surface area contributed by atoms with Crippen LogP contribution in [-0.2, 0) is 13.1 Å². The molecule has 4 rings (SSSR count). The molecule has 1 aliphatic heterocycles. The predicted octanol–water partition coefficient (Wildman–Crippen LogP) is 2.48. The average Bonchev–Trinajstić information content (AvgIpc) is 3.25. The lowest BCUT2D eigenvalue weighted by Crippen LogP contribution is -2.52. The van der Waals surface area contributed by atoms with E-state index in [1.54, 1.807) is 30.6 Å². The number of piperazine rings is 1. The van der Waals surface area contributed by atoms with Crippen molar-refractivity contribution >= 4 is 0 Å². The third kappa shape index (κ3) is 5.10. The molecule has 0 saturated carbocycles. The summed E-state index contributed by atoms with van der Waals surface area (Å²) in [5.74, 6) is 0.914. The van der Waals surface area contributed by atoms with Crippen LogP contribution in [0.2, 0.25) is 0 Å². The van der Waals surface area contributed by atoms with Gasteiger partial charge < -0.3 is 9.84 Å². The van der Waals surface area contributed by atoms with E-state index in [0.29, 0.717) is 30.2 Å². The number of aliphatic hydroxyl groups is 1. The molecule has 8 heteroatoms. The van der Waals surface area contributed by atoms with E-state index in [0.717, 1.165) is 31.9 Å². The van der Waals surface area contributed by atoms with E-state index in [-0.39, 0.29) is 18.5 Å². The number of hydrogen-bond acceptors (Lipinski definition) is 6. The lowest BCUT2D eigenvalue weighted by Gasteiger charge is -2.41. The average molecular weight is 426 g/mol. The first-order valence-corrected chi connectivity index (χ1v) is 10.5. The molecule has 1 atom stereocenters. The number of methoxy groups -OCH3 is 1. The second-order valence-electron chi connectivity index (χ2n) is 7.75. The Morgan fingerprint density at radius 1 is 1.13 bits per heavy atom. The fourth-order valence-corrected chi connectivity index (χ4v) is 4.12. The van der Waals surface area contributed by atoms with Crippen molar-refractivity contribution in [1.82, 2.24) is 24.3 Å². The highest BCUT2D eigenvalue weighted by molar-refractivity contribution is 5.29. The van der Waals surface area contributed by atoms with Crippen LogP contribution in [0.4, 0.5) is 4.39 Å². The zero-order valence-corrected chi connectivity index (χ0v) is 17.7. The van der Waals surface area contributed by atoms with Crippen molar-refractivity contribution < 1.29 is 14.2 Å². The van der Waals surface area contributed by atoms with E-state index < -0.39 is 0 Å². The molecule has 0 unspecified atom stereocenters. The summed E-state index contributed by atoms with van der Waals surface area (Å²) in [5, 5.41) is 9.60. The van der Waals surface area contributed by atoms with Gasteiger partial charge in [0.2, 0.25) is 5.95 Å². The first kappa shape index (κ1) is 21.4. The Morgan fingerprint density at radius 2 is 1.97 bits per heavy atom. The van der Waals surface area contributed by atoms with E-state index >= 15 is 0 Å². The number of aromatic nitrogens is 3. The number of rotatable bonds is 8. The highest BCUT2D eigenvalue weighted by Gasteiger charge is 2.28. The quantitative estimate of drug-likeness (QED) is 0.598. The van der Waals surface area contributed by atoms with Gasteiger partial charge in [0, 0.05) is 81.3 Å². The van der Waals surface area contributed by atoms with Gasteiger partial charge in [-0.1, -0.05) is 6.07 Å². The van der Waals surface area contributed by atoms with Gasteiger partial charge in [-0.15, -0.1) is 0 Å². The number of nitrogens with zero attached hydrogens (tertiary/aromatic N) is 5. The van der Waals surface area contributed by atoms with Crippen LogP contribution in [0.5, 0.6) is 5.75 Å². The van der Waals surface area contributed by atoms with Gasteiger partial charge in [-0.3, -0.25) is 14.4 Å². The van der Waals surface area contributed by atoms with E-state index in [4.69, 9.17) is 4.74 Å². The number of hydrogen-bond donors (Lipinski definition) is 1. The van der Waals surface area contributed by atoms with Gasteiger partial charge in [-0.2, -0.15) is 0 Å². The van der Waals surface area contributed by atoms with E-state index in [1.807, 2.05) is 16.8 Å². The summed E-state index contributed by atoms with van der Waals surface area (Å²) in [5.41, 5.74) is 1.76. The molecule has 0 amide bonds. The van der Waals surface area contributed by atoms with E-state index in [9.17, 15) is 9.50 Å². The molecule has 1 N–H and O–H groups in total. The fourth-order valence-electron chi connectivity index (χ4n) is 4.12. The minimum Gasteiger partial charge on any atom is -0.497 e. The maximum Gasteiger partial charge on any atom is 0.233 e. The molecule has 0 spiro atoms. The number of benzene rings is 1. The predicted molar refractivity (Wildman–Crippen MR) is 115 cm³/mol. The van der Waals surface area contributed by atoms with Gasteiger partial charge in [0.1, 0.15) is 11.6 Å². The van der Waals surface area contributed by atoms with Crippen LogP contribution < -0.4 is 4.74 Å². The van der Waals surface area contributed by atoms with Crippen LogP contribution in [0.25, 0.3) is 5.95 Å². The second-order valence-corrected chi connectivity index (χ2v) is 7.75. The standard InChI is InChI=1S/C23H28FN5O2/c1-31-21-6-5-18(22(24)14-21)15-28-12-11-27(16-19(28)7-13-30)17-20-4-2-10-29(20)23-25-8-3-9-26-23/h2-6,8-10,14,19,30H,7,11-13,15-17H2,1H3/t19-/m0/s1. The first-order valence-electron chi connectivity index (χ1n) is 10.5. The van der Waals surface area contributed by atoms with Gasteiger partial charge in [0.05, 0.1) is 7.11 Å². The van der Waals surface area contributed by atoms with E-state index in [2.05, 4.69) is 25.8 Å². The van der Waals surface area contributed by atoms with Crippen molar-refractivity contribution in [3.8, 4) is 11.7 Å². The third-order valence-electron chi connectivity index (χ3n) is 5.77. The molecule has 0 aliphatic carbocycles. The molecular weight excluding hydrogens is 397 g/mol. The highest BCUT2D eigenvalue weighted by Crippen LogP contribution is 2.22. The Kier molecular flexibility index (Phi) is 6.91. The lowest BCUT2D eigenvalue weighted by molar-refractivity contribution is 0.0485. The molecule has 2 aromatic heterocycles. The summed E-state index contributed by atoms with van der Waals surface area (Å²) >= 11 is 0. The van der Waals surface area contributed by atoms with Crippen LogP contribution in [0.3, 0.4) is 0 Å². The van der Waals surface area contributed by atoms with Gasteiger partial charge in [0.15, 0.2) is 0 Å². The Morgan fingerprint density at radius 3 is 2.71 bits per heavy atom. The molecule has 1 saturated heterocycles. The minimum absolute atomic E-state index is 0.105. The van der Waals surface area contributed by atoms with Gasteiger partial charge in [0.25, 0.3) is 0 Å². The Labute approximate surface area is 181 Å². The summed E-state index contributed by atoms with van der Waals surface area (Å²) in [6.07, 6.45) is 6.09. The summed E-state index contributed by atoms with van der Waals surface area (Å²) < 4.78 is 21.6. The van der Waals surface area contributed by atoms with Crippen molar-refractivity contribution in [2.75, 3.05) is 33.4 Å². The normalized spacial score (nSPS) is 17.7. The molecule has 1 aromatic carbocycles. The van der Waals surface area contributed by atoms with Crippen molar-refractivity contribution in [2.45, 2.75) is 25.6 Å². The molecular formula is C23H28FN5O2. The van der Waals surface area contributed by atoms with E-state index in [1.165, 1.54) is 13.2 Å². The zero-order valence-electron chi connectivity index (χ0n) is 17.7. The van der Waals surface area contributed by atoms with Gasteiger partial charge in [-0.05, 0) is 30.7 Å². The summed E-state index contributed by atoms with van der Waals surface area (Å²) in [6, 6.07) is 11.0. The molecule has 7 nitrogen and oxygen atoms in total. The Balaban J connectivity index is 1.44. The van der Waals surface area contributed by atoms with Crippen LogP contribution in [0, 0.1) is 5.82 Å². The number of halogens is 1. The SMILES string of the molecule is COc1ccc(CN2CCN(Cc3cccn3-c3ncccn3)C[C@@H]2CCO)c(F)c1. The largest absolute Gasteiger partial charge is 0.497 e. The lowest BCUT2D eigenvalue weighted by atomic mass is 10.1. The molecule has 3 heterocycles. The number of aliphatic hydroxyl groups excluding tert-OH is 1. The van der Waals surface area contributed by atoms with Gasteiger partial charge >= 0.3 is 0 Å². The van der Waals surface area contributed by atoms with Crippen LogP contribution in [0.1, 0.15) is 17.7 Å². The van der Waals surface area contributed by atoms with Gasteiger partial charge in [-0.25, -0.2) is 14.4 Å².